The first kappa shape index (κ1) is 11.1. The molecule has 2 fully saturated rings. The van der Waals surface area contributed by atoms with Gasteiger partial charge in [-0.15, -0.1) is 0 Å². The van der Waals surface area contributed by atoms with Gasteiger partial charge in [0.05, 0.1) is 0 Å². The largest absolute Gasteiger partial charge is 0.349 e. The van der Waals surface area contributed by atoms with Crippen LogP contribution >= 0.6 is 0 Å². The normalized spacial score (nSPS) is 46.8. The molecule has 0 bridgehead atoms. The Labute approximate surface area is 103 Å². The summed E-state index contributed by atoms with van der Waals surface area (Å²) in [6.07, 6.45) is 10.5. The number of hydrogen-bond acceptors (Lipinski definition) is 1. The van der Waals surface area contributed by atoms with Crippen molar-refractivity contribution in [3.63, 3.8) is 0 Å². The molecule has 3 aliphatic rings. The van der Waals surface area contributed by atoms with Crippen LogP contribution in [0.15, 0.2) is 24.3 Å². The summed E-state index contributed by atoms with van der Waals surface area (Å²) in [5, 5.41) is 3.18. The number of carbonyl (C=O) groups excluding carboxylic acids is 1. The quantitative estimate of drug-likeness (QED) is 0.504. The Kier molecular flexibility index (Phi) is 2.42. The maximum atomic E-state index is 11.8. The monoisotopic (exact) mass is 231 g/mol. The van der Waals surface area contributed by atoms with Crippen LogP contribution in [0.4, 0.5) is 0 Å². The van der Waals surface area contributed by atoms with Crippen molar-refractivity contribution in [2.75, 3.05) is 0 Å². The number of carbonyl (C=O) groups is 1. The third-order valence-corrected chi connectivity index (χ3v) is 5.02. The van der Waals surface area contributed by atoms with E-state index in [1.165, 1.54) is 19.3 Å². The van der Waals surface area contributed by atoms with Crippen LogP contribution in [0, 0.1) is 17.3 Å². The predicted molar refractivity (Wildman–Crippen MR) is 68.4 cm³/mol. The van der Waals surface area contributed by atoms with E-state index in [0.29, 0.717) is 23.3 Å². The summed E-state index contributed by atoms with van der Waals surface area (Å²) < 4.78 is 0. The Morgan fingerprint density at radius 3 is 3.00 bits per heavy atom. The van der Waals surface area contributed by atoms with E-state index in [4.69, 9.17) is 0 Å². The van der Waals surface area contributed by atoms with Gasteiger partial charge in [0, 0.05) is 17.5 Å². The summed E-state index contributed by atoms with van der Waals surface area (Å²) in [5.41, 5.74) is 1.28. The molecular weight excluding hydrogens is 210 g/mol. The fraction of sp³-hybridized carbons (Fsp3) is 0.667. The first-order valence-electron chi connectivity index (χ1n) is 6.76. The summed E-state index contributed by atoms with van der Waals surface area (Å²) in [6.45, 7) is 6.36. The molecule has 2 aliphatic carbocycles. The molecule has 2 nitrogen and oxygen atoms in total. The van der Waals surface area contributed by atoms with Crippen LogP contribution in [0.3, 0.4) is 0 Å². The van der Waals surface area contributed by atoms with E-state index in [0.717, 1.165) is 18.4 Å². The van der Waals surface area contributed by atoms with Crippen LogP contribution in [0.1, 0.15) is 39.0 Å². The molecule has 0 spiro atoms. The number of rotatable bonds is 0. The minimum atomic E-state index is 0.0949. The molecule has 4 atom stereocenters. The molecule has 1 heterocycles. The van der Waals surface area contributed by atoms with Crippen molar-refractivity contribution >= 4 is 5.91 Å². The summed E-state index contributed by atoms with van der Waals surface area (Å²) in [5.74, 6) is 1.15. The Morgan fingerprint density at radius 2 is 2.18 bits per heavy atom. The first-order chi connectivity index (χ1) is 8.12. The zero-order valence-electron chi connectivity index (χ0n) is 10.5. The molecule has 1 saturated carbocycles. The minimum absolute atomic E-state index is 0.0949. The van der Waals surface area contributed by atoms with Gasteiger partial charge in [-0.1, -0.05) is 25.7 Å². The Bertz CT molecular complexity index is 398. The topological polar surface area (TPSA) is 29.1 Å². The van der Waals surface area contributed by atoms with Gasteiger partial charge in [-0.05, 0) is 43.4 Å². The molecule has 0 aromatic rings. The Hall–Kier alpha value is -1.05. The molecule has 3 rings (SSSR count). The van der Waals surface area contributed by atoms with Crippen LogP contribution < -0.4 is 5.32 Å². The summed E-state index contributed by atoms with van der Waals surface area (Å²) in [4.78, 5) is 11.8. The van der Waals surface area contributed by atoms with E-state index in [9.17, 15) is 4.79 Å². The molecule has 0 unspecified atom stereocenters. The van der Waals surface area contributed by atoms with E-state index in [1.807, 2.05) is 0 Å². The lowest BCUT2D eigenvalue weighted by Crippen LogP contribution is -2.33. The summed E-state index contributed by atoms with van der Waals surface area (Å²) >= 11 is 0. The van der Waals surface area contributed by atoms with E-state index in [2.05, 4.69) is 31.0 Å². The lowest BCUT2D eigenvalue weighted by Gasteiger charge is -2.22. The average Bonchev–Trinajstić information content (AvgIpc) is 2.89. The van der Waals surface area contributed by atoms with Gasteiger partial charge in [-0.3, -0.25) is 4.79 Å². The van der Waals surface area contributed by atoms with Crippen LogP contribution in [0.5, 0.6) is 0 Å². The SMILES string of the molecule is C=C1C(=O)N[C@H]2[C@H]1CC/C=C/CC[C@@]1(C)C[C@@H]21. The van der Waals surface area contributed by atoms with Crippen LogP contribution in [0.2, 0.25) is 0 Å². The van der Waals surface area contributed by atoms with Gasteiger partial charge >= 0.3 is 0 Å². The number of allylic oxidation sites excluding steroid dienone is 2. The fourth-order valence-corrected chi connectivity index (χ4v) is 3.68. The van der Waals surface area contributed by atoms with Gasteiger partial charge in [0.25, 0.3) is 0 Å². The van der Waals surface area contributed by atoms with Gasteiger partial charge in [0.2, 0.25) is 5.91 Å². The highest BCUT2D eigenvalue weighted by molar-refractivity contribution is 5.96. The smallest absolute Gasteiger partial charge is 0.247 e. The van der Waals surface area contributed by atoms with Crippen LogP contribution in [-0.4, -0.2) is 11.9 Å². The van der Waals surface area contributed by atoms with E-state index in [1.54, 1.807) is 0 Å². The lowest BCUT2D eigenvalue weighted by molar-refractivity contribution is -0.116. The zero-order valence-corrected chi connectivity index (χ0v) is 10.5. The minimum Gasteiger partial charge on any atom is -0.349 e. The van der Waals surface area contributed by atoms with Gasteiger partial charge in [-0.2, -0.15) is 0 Å². The second kappa shape index (κ2) is 3.72. The van der Waals surface area contributed by atoms with Crippen LogP contribution in [-0.2, 0) is 4.79 Å². The third kappa shape index (κ3) is 1.74. The zero-order chi connectivity index (χ0) is 12.0. The molecule has 0 aromatic heterocycles. The van der Waals surface area contributed by atoms with Gasteiger partial charge in [0.15, 0.2) is 0 Å². The molecule has 1 N–H and O–H groups in total. The number of fused-ring (bicyclic) bond motifs is 3. The second-order valence-corrected chi connectivity index (χ2v) is 6.18. The number of nitrogens with one attached hydrogen (secondary N) is 1. The van der Waals surface area contributed by atoms with Crippen LogP contribution in [0.25, 0.3) is 0 Å². The van der Waals surface area contributed by atoms with Crippen molar-refractivity contribution in [1.29, 1.82) is 0 Å². The highest BCUT2D eigenvalue weighted by Gasteiger charge is 2.57. The number of amides is 1. The van der Waals surface area contributed by atoms with Gasteiger partial charge in [-0.25, -0.2) is 0 Å². The van der Waals surface area contributed by atoms with Crippen molar-refractivity contribution < 1.29 is 4.79 Å². The fourth-order valence-electron chi connectivity index (χ4n) is 3.68. The standard InChI is InChI=1S/C15H21NO/c1-10-11-7-5-3-4-6-8-15(2)9-12(15)13(11)16-14(10)17/h3-4,11-13H,1,5-9H2,2H3,(H,16,17)/b4-3+/t11-,12-,13-,15-/m0/s1. The molecule has 92 valence electrons. The van der Waals surface area contributed by atoms with Gasteiger partial charge in [0.1, 0.15) is 0 Å². The molecular formula is C15H21NO. The Balaban J connectivity index is 1.86. The highest BCUT2D eigenvalue weighted by Crippen LogP contribution is 2.60. The van der Waals surface area contributed by atoms with Crippen molar-refractivity contribution in [3.8, 4) is 0 Å². The number of hydrogen-bond donors (Lipinski definition) is 1. The summed E-state index contributed by atoms with van der Waals surface area (Å²) in [6, 6.07) is 0.367. The van der Waals surface area contributed by atoms with Crippen molar-refractivity contribution in [2.45, 2.75) is 45.1 Å². The maximum Gasteiger partial charge on any atom is 0.247 e. The molecule has 2 heteroatoms. The van der Waals surface area contributed by atoms with E-state index >= 15 is 0 Å². The van der Waals surface area contributed by atoms with E-state index < -0.39 is 0 Å². The Morgan fingerprint density at radius 1 is 1.41 bits per heavy atom. The predicted octanol–water partition coefficient (Wildman–Crippen LogP) is 2.81. The molecule has 1 saturated heterocycles. The highest BCUT2D eigenvalue weighted by atomic mass is 16.2. The molecule has 0 radical (unpaired) electrons. The third-order valence-electron chi connectivity index (χ3n) is 5.02. The first-order valence-corrected chi connectivity index (χ1v) is 6.76. The van der Waals surface area contributed by atoms with E-state index in [-0.39, 0.29) is 5.91 Å². The molecule has 1 amide bonds. The molecule has 17 heavy (non-hydrogen) atoms. The average molecular weight is 231 g/mol. The van der Waals surface area contributed by atoms with Crippen molar-refractivity contribution in [1.82, 2.24) is 5.32 Å². The second-order valence-electron chi connectivity index (χ2n) is 6.18. The maximum absolute atomic E-state index is 11.8. The van der Waals surface area contributed by atoms with Gasteiger partial charge < -0.3 is 5.32 Å². The molecule has 0 aromatic carbocycles. The lowest BCUT2D eigenvalue weighted by atomic mass is 9.85. The van der Waals surface area contributed by atoms with Crippen molar-refractivity contribution in [3.05, 3.63) is 24.3 Å². The summed E-state index contributed by atoms with van der Waals surface area (Å²) in [7, 11) is 0. The van der Waals surface area contributed by atoms with Crippen molar-refractivity contribution in [2.24, 2.45) is 17.3 Å². The molecule has 1 aliphatic heterocycles.